The number of nitrogens with one attached hydrogen (secondary N) is 1. The molecule has 2 N–H and O–H groups in total. The molecule has 0 aliphatic heterocycles. The predicted molar refractivity (Wildman–Crippen MR) is 83.2 cm³/mol. The van der Waals surface area contributed by atoms with Crippen LogP contribution in [0.4, 0.5) is 0 Å². The van der Waals surface area contributed by atoms with E-state index in [-0.39, 0.29) is 11.3 Å². The van der Waals surface area contributed by atoms with Gasteiger partial charge in [-0.3, -0.25) is 9.59 Å². The molecule has 0 aliphatic rings. The van der Waals surface area contributed by atoms with Gasteiger partial charge in [0, 0.05) is 13.1 Å². The van der Waals surface area contributed by atoms with Crippen LogP contribution in [0.1, 0.15) is 33.2 Å². The number of benzene rings is 1. The van der Waals surface area contributed by atoms with Crippen LogP contribution in [0.25, 0.3) is 0 Å². The van der Waals surface area contributed by atoms with Gasteiger partial charge in [0.15, 0.2) is 6.04 Å². The Morgan fingerprint density at radius 2 is 1.87 bits per heavy atom. The summed E-state index contributed by atoms with van der Waals surface area (Å²) in [5, 5.41) is 15.6. The van der Waals surface area contributed by atoms with Crippen molar-refractivity contribution in [2.45, 2.75) is 19.9 Å². The van der Waals surface area contributed by atoms with Gasteiger partial charge in [0.05, 0.1) is 0 Å². The third kappa shape index (κ3) is 3.63. The van der Waals surface area contributed by atoms with Crippen LogP contribution >= 0.6 is 0 Å². The molecular formula is C16H17N3O4. The van der Waals surface area contributed by atoms with Gasteiger partial charge in [-0.25, -0.2) is 9.48 Å². The second-order valence-electron chi connectivity index (χ2n) is 5.27. The number of aromatic nitrogens is 2. The third-order valence-electron chi connectivity index (χ3n) is 3.58. The summed E-state index contributed by atoms with van der Waals surface area (Å²) in [6.45, 7) is 3.79. The van der Waals surface area contributed by atoms with Crippen LogP contribution in [0.2, 0.25) is 0 Å². The lowest BCUT2D eigenvalue weighted by atomic mass is 10.0. The number of nitrogens with zero attached hydrogens (tertiary/aromatic N) is 2. The Morgan fingerprint density at radius 3 is 2.43 bits per heavy atom. The highest BCUT2D eigenvalue weighted by molar-refractivity contribution is 5.95. The quantitative estimate of drug-likeness (QED) is 0.875. The number of rotatable bonds is 4. The van der Waals surface area contributed by atoms with Crippen LogP contribution in [-0.4, -0.2) is 26.8 Å². The highest BCUT2D eigenvalue weighted by atomic mass is 16.4. The number of hydrogen-bond acceptors (Lipinski definition) is 4. The number of aliphatic carboxylic acids is 1. The van der Waals surface area contributed by atoms with Gasteiger partial charge >= 0.3 is 5.97 Å². The van der Waals surface area contributed by atoms with Gasteiger partial charge in [-0.1, -0.05) is 18.2 Å². The van der Waals surface area contributed by atoms with Crippen molar-refractivity contribution in [1.82, 2.24) is 15.1 Å². The normalized spacial score (nSPS) is 11.8. The summed E-state index contributed by atoms with van der Waals surface area (Å²) in [6, 6.07) is 6.46. The van der Waals surface area contributed by atoms with Crippen LogP contribution in [0, 0.1) is 13.8 Å². The molecule has 0 aliphatic carbocycles. The highest BCUT2D eigenvalue weighted by Gasteiger charge is 2.23. The Bertz CT molecular complexity index is 826. The van der Waals surface area contributed by atoms with E-state index >= 15 is 0 Å². The molecular weight excluding hydrogens is 298 g/mol. The Balaban J connectivity index is 2.30. The second-order valence-corrected chi connectivity index (χ2v) is 5.27. The molecule has 0 radical (unpaired) electrons. The Hall–Kier alpha value is -2.96. The highest BCUT2D eigenvalue weighted by Crippen LogP contribution is 2.18. The van der Waals surface area contributed by atoms with Gasteiger partial charge < -0.3 is 10.4 Å². The van der Waals surface area contributed by atoms with Crippen molar-refractivity contribution in [2.24, 2.45) is 7.05 Å². The van der Waals surface area contributed by atoms with Gasteiger partial charge in [-0.05, 0) is 36.6 Å². The largest absolute Gasteiger partial charge is 0.479 e. The van der Waals surface area contributed by atoms with Crippen LogP contribution in [0.5, 0.6) is 0 Å². The molecule has 7 nitrogen and oxygen atoms in total. The van der Waals surface area contributed by atoms with Crippen molar-refractivity contribution in [3.63, 3.8) is 0 Å². The number of hydrogen-bond donors (Lipinski definition) is 2. The fourth-order valence-corrected chi connectivity index (χ4v) is 2.06. The zero-order valence-corrected chi connectivity index (χ0v) is 13.0. The third-order valence-corrected chi connectivity index (χ3v) is 3.58. The molecule has 0 fully saturated rings. The van der Waals surface area contributed by atoms with Gasteiger partial charge in [0.2, 0.25) is 0 Å². The smallest absolute Gasteiger partial charge is 0.330 e. The first-order valence-electron chi connectivity index (χ1n) is 6.95. The molecule has 0 bridgehead atoms. The monoisotopic (exact) mass is 315 g/mol. The average molecular weight is 315 g/mol. The van der Waals surface area contributed by atoms with E-state index < -0.39 is 17.9 Å². The minimum atomic E-state index is -1.19. The van der Waals surface area contributed by atoms with E-state index in [1.54, 1.807) is 18.2 Å². The first kappa shape index (κ1) is 16.4. The Kier molecular flexibility index (Phi) is 4.59. The molecule has 1 unspecified atom stereocenters. The molecule has 7 heteroatoms. The lowest BCUT2D eigenvalue weighted by Gasteiger charge is -2.16. The molecule has 1 aromatic carbocycles. The van der Waals surface area contributed by atoms with Crippen LogP contribution in [0.3, 0.4) is 0 Å². The summed E-state index contributed by atoms with van der Waals surface area (Å²) < 4.78 is 1.01. The number of carboxylic acid groups (broad SMARTS) is 1. The summed E-state index contributed by atoms with van der Waals surface area (Å²) >= 11 is 0. The predicted octanol–water partition coefficient (Wildman–Crippen LogP) is 0.953. The summed E-state index contributed by atoms with van der Waals surface area (Å²) in [6.07, 6.45) is 0. The number of amides is 1. The summed E-state index contributed by atoms with van der Waals surface area (Å²) in [5.41, 5.74) is 2.05. The molecule has 120 valence electrons. The molecule has 0 saturated heterocycles. The number of carbonyl (C=O) groups is 2. The van der Waals surface area contributed by atoms with E-state index in [1.165, 1.54) is 19.2 Å². The second kappa shape index (κ2) is 6.43. The molecule has 0 saturated carbocycles. The molecule has 1 heterocycles. The molecule has 2 rings (SSSR count). The van der Waals surface area contributed by atoms with E-state index in [1.807, 2.05) is 13.8 Å². The molecule has 1 amide bonds. The van der Waals surface area contributed by atoms with Crippen molar-refractivity contribution in [3.05, 3.63) is 63.1 Å². The van der Waals surface area contributed by atoms with Crippen molar-refractivity contribution in [1.29, 1.82) is 0 Å². The summed E-state index contributed by atoms with van der Waals surface area (Å²) in [5.74, 6) is -1.84. The van der Waals surface area contributed by atoms with E-state index in [4.69, 9.17) is 0 Å². The van der Waals surface area contributed by atoms with Crippen LogP contribution in [-0.2, 0) is 11.8 Å². The standard InChI is InChI=1S/C16H17N3O4/c1-9-4-5-11(8-10(9)2)14(16(22)23)17-15(21)12-6-7-13(20)19(3)18-12/h4-8,14H,1-3H3,(H,17,21)(H,22,23). The van der Waals surface area contributed by atoms with Gasteiger partial charge in [0.25, 0.3) is 11.5 Å². The van der Waals surface area contributed by atoms with E-state index in [0.29, 0.717) is 5.56 Å². The van der Waals surface area contributed by atoms with E-state index in [2.05, 4.69) is 10.4 Å². The van der Waals surface area contributed by atoms with Crippen molar-refractivity contribution in [3.8, 4) is 0 Å². The minimum absolute atomic E-state index is 0.0258. The SMILES string of the molecule is Cc1ccc(C(NC(=O)c2ccc(=O)n(C)n2)C(=O)O)cc1C. The maximum atomic E-state index is 12.2. The number of carbonyl (C=O) groups excluding carboxylic acids is 1. The van der Waals surface area contributed by atoms with Gasteiger partial charge in [-0.15, -0.1) is 0 Å². The topological polar surface area (TPSA) is 101 Å². The fourth-order valence-electron chi connectivity index (χ4n) is 2.06. The molecule has 0 spiro atoms. The number of aryl methyl sites for hydroxylation is 3. The lowest BCUT2D eigenvalue weighted by molar-refractivity contribution is -0.139. The molecule has 1 atom stereocenters. The minimum Gasteiger partial charge on any atom is -0.479 e. The first-order chi connectivity index (χ1) is 10.8. The van der Waals surface area contributed by atoms with Crippen molar-refractivity contribution < 1.29 is 14.7 Å². The molecule has 1 aromatic heterocycles. The zero-order chi connectivity index (χ0) is 17.1. The van der Waals surface area contributed by atoms with Gasteiger partial charge in [-0.2, -0.15) is 5.10 Å². The van der Waals surface area contributed by atoms with Gasteiger partial charge in [0.1, 0.15) is 5.69 Å². The summed E-state index contributed by atoms with van der Waals surface area (Å²) in [4.78, 5) is 35.0. The van der Waals surface area contributed by atoms with Crippen molar-refractivity contribution in [2.75, 3.05) is 0 Å². The maximum Gasteiger partial charge on any atom is 0.330 e. The maximum absolute atomic E-state index is 12.2. The molecule has 23 heavy (non-hydrogen) atoms. The van der Waals surface area contributed by atoms with Crippen LogP contribution < -0.4 is 10.9 Å². The van der Waals surface area contributed by atoms with Crippen LogP contribution in [0.15, 0.2) is 35.1 Å². The zero-order valence-electron chi connectivity index (χ0n) is 13.0. The van der Waals surface area contributed by atoms with E-state index in [9.17, 15) is 19.5 Å². The average Bonchev–Trinajstić information content (AvgIpc) is 2.50. The number of carboxylic acids is 1. The lowest BCUT2D eigenvalue weighted by Crippen LogP contribution is -2.35. The first-order valence-corrected chi connectivity index (χ1v) is 6.95. The Labute approximate surface area is 132 Å². The summed E-state index contributed by atoms with van der Waals surface area (Å²) in [7, 11) is 1.41. The van der Waals surface area contributed by atoms with E-state index in [0.717, 1.165) is 15.8 Å². The Morgan fingerprint density at radius 1 is 1.17 bits per heavy atom. The molecule has 2 aromatic rings. The van der Waals surface area contributed by atoms with Crippen molar-refractivity contribution >= 4 is 11.9 Å². The fraction of sp³-hybridized carbons (Fsp3) is 0.250.